The Morgan fingerprint density at radius 1 is 1.50 bits per heavy atom. The lowest BCUT2D eigenvalue weighted by atomic mass is 10.1. The molecule has 0 radical (unpaired) electrons. The topological polar surface area (TPSA) is 75.2 Å². The lowest BCUT2D eigenvalue weighted by molar-refractivity contribution is -0.129. The highest BCUT2D eigenvalue weighted by Crippen LogP contribution is 2.40. The van der Waals surface area contributed by atoms with Crippen LogP contribution in [0.25, 0.3) is 0 Å². The van der Waals surface area contributed by atoms with E-state index in [0.717, 1.165) is 18.5 Å². The number of hydrogen-bond acceptors (Lipinski definition) is 4. The molecule has 3 rings (SSSR count). The Balaban J connectivity index is 1.69. The number of amides is 2. The van der Waals surface area contributed by atoms with Gasteiger partial charge in [0.25, 0.3) is 0 Å². The molecule has 6 nitrogen and oxygen atoms in total. The molecule has 2 atom stereocenters. The highest BCUT2D eigenvalue weighted by Gasteiger charge is 2.39. The molecule has 1 saturated carbocycles. The summed E-state index contributed by atoms with van der Waals surface area (Å²) in [5, 5.41) is 3.09. The molecule has 22 heavy (non-hydrogen) atoms. The van der Waals surface area contributed by atoms with Crippen LogP contribution in [0.15, 0.2) is 12.3 Å². The summed E-state index contributed by atoms with van der Waals surface area (Å²) in [6.07, 6.45) is 4.22. The molecule has 0 unspecified atom stereocenters. The van der Waals surface area contributed by atoms with Crippen LogP contribution in [0.4, 0.5) is 0 Å². The maximum atomic E-state index is 12.5. The van der Waals surface area contributed by atoms with Crippen molar-refractivity contribution in [2.24, 2.45) is 11.8 Å². The van der Waals surface area contributed by atoms with Gasteiger partial charge in [0.1, 0.15) is 0 Å². The smallest absolute Gasteiger partial charge is 0.226 e. The lowest BCUT2D eigenvalue weighted by Crippen LogP contribution is -2.37. The summed E-state index contributed by atoms with van der Waals surface area (Å²) in [6.45, 7) is 5.04. The number of hydrogen-bond donors (Lipinski definition) is 1. The predicted octanol–water partition coefficient (Wildman–Crippen LogP) is 1.22. The van der Waals surface area contributed by atoms with Crippen molar-refractivity contribution >= 4 is 11.8 Å². The molecule has 1 aromatic heterocycles. The standard InChI is InChI=1S/C16H22N4O2/c1-3-20-9-12(8-13(20)21)16(22)19-14(11-4-5-11)15-17-7-6-10(2)18-15/h6-7,11-12,14H,3-5,8-9H2,1-2H3,(H,19,22)/t12-,14+/m0/s1. The van der Waals surface area contributed by atoms with Crippen LogP contribution >= 0.6 is 0 Å². The lowest BCUT2D eigenvalue weighted by Gasteiger charge is -2.20. The summed E-state index contributed by atoms with van der Waals surface area (Å²) in [4.78, 5) is 34.8. The van der Waals surface area contributed by atoms with Crippen molar-refractivity contribution in [1.82, 2.24) is 20.2 Å². The van der Waals surface area contributed by atoms with Gasteiger partial charge in [-0.1, -0.05) is 0 Å². The van der Waals surface area contributed by atoms with Gasteiger partial charge < -0.3 is 10.2 Å². The first-order valence-corrected chi connectivity index (χ1v) is 7.96. The van der Waals surface area contributed by atoms with Gasteiger partial charge >= 0.3 is 0 Å². The highest BCUT2D eigenvalue weighted by atomic mass is 16.2. The van der Waals surface area contributed by atoms with E-state index in [1.54, 1.807) is 11.1 Å². The van der Waals surface area contributed by atoms with Crippen molar-refractivity contribution in [2.75, 3.05) is 13.1 Å². The number of nitrogens with zero attached hydrogens (tertiary/aromatic N) is 3. The third kappa shape index (κ3) is 3.10. The Labute approximate surface area is 130 Å². The van der Waals surface area contributed by atoms with Crippen molar-refractivity contribution in [2.45, 2.75) is 39.2 Å². The molecule has 0 spiro atoms. The minimum Gasteiger partial charge on any atom is -0.345 e. The first kappa shape index (κ1) is 14.9. The number of aromatic nitrogens is 2. The van der Waals surface area contributed by atoms with Crippen molar-refractivity contribution < 1.29 is 9.59 Å². The summed E-state index contributed by atoms with van der Waals surface area (Å²) < 4.78 is 0. The predicted molar refractivity (Wildman–Crippen MR) is 80.7 cm³/mol. The third-order valence-corrected chi connectivity index (χ3v) is 4.45. The fraction of sp³-hybridized carbons (Fsp3) is 0.625. The van der Waals surface area contributed by atoms with Gasteiger partial charge in [-0.3, -0.25) is 9.59 Å². The molecular weight excluding hydrogens is 280 g/mol. The van der Waals surface area contributed by atoms with E-state index < -0.39 is 0 Å². The van der Waals surface area contributed by atoms with Crippen LogP contribution in [0.3, 0.4) is 0 Å². The van der Waals surface area contributed by atoms with Crippen LogP contribution in [-0.2, 0) is 9.59 Å². The van der Waals surface area contributed by atoms with Crippen LogP contribution in [0, 0.1) is 18.8 Å². The van der Waals surface area contributed by atoms with Gasteiger partial charge in [-0.15, -0.1) is 0 Å². The number of carbonyl (C=O) groups excluding carboxylic acids is 2. The average molecular weight is 302 g/mol. The van der Waals surface area contributed by atoms with Gasteiger partial charge in [0.2, 0.25) is 11.8 Å². The quantitative estimate of drug-likeness (QED) is 0.887. The number of aryl methyl sites for hydroxylation is 1. The maximum absolute atomic E-state index is 12.5. The Morgan fingerprint density at radius 3 is 2.86 bits per heavy atom. The van der Waals surface area contributed by atoms with Crippen LogP contribution < -0.4 is 5.32 Å². The number of nitrogens with one attached hydrogen (secondary N) is 1. The van der Waals surface area contributed by atoms with Gasteiger partial charge in [0.05, 0.1) is 12.0 Å². The second-order valence-electron chi connectivity index (χ2n) is 6.21. The van der Waals surface area contributed by atoms with E-state index in [2.05, 4.69) is 15.3 Å². The SMILES string of the molecule is CCN1C[C@@H](C(=O)N[C@@H](c2nccc(C)n2)C2CC2)CC1=O. The maximum Gasteiger partial charge on any atom is 0.226 e. The van der Waals surface area contributed by atoms with Crippen molar-refractivity contribution in [3.8, 4) is 0 Å². The number of carbonyl (C=O) groups is 2. The molecular formula is C16H22N4O2. The fourth-order valence-corrected chi connectivity index (χ4v) is 2.97. The largest absolute Gasteiger partial charge is 0.345 e. The molecule has 0 aromatic carbocycles. The molecule has 2 heterocycles. The average Bonchev–Trinajstić information content (AvgIpc) is 3.26. The van der Waals surface area contributed by atoms with Crippen molar-refractivity contribution in [3.05, 3.63) is 23.8 Å². The summed E-state index contributed by atoms with van der Waals surface area (Å²) in [6, 6.07) is 1.72. The van der Waals surface area contributed by atoms with Gasteiger partial charge in [0.15, 0.2) is 5.82 Å². The second-order valence-corrected chi connectivity index (χ2v) is 6.21. The van der Waals surface area contributed by atoms with Gasteiger partial charge in [-0.25, -0.2) is 9.97 Å². The first-order valence-electron chi connectivity index (χ1n) is 7.96. The zero-order valence-electron chi connectivity index (χ0n) is 13.1. The van der Waals surface area contributed by atoms with E-state index in [9.17, 15) is 9.59 Å². The van der Waals surface area contributed by atoms with Gasteiger partial charge in [-0.05, 0) is 38.7 Å². The zero-order valence-corrected chi connectivity index (χ0v) is 13.1. The molecule has 1 aliphatic heterocycles. The number of likely N-dealkylation sites (tertiary alicyclic amines) is 1. The van der Waals surface area contributed by atoms with E-state index >= 15 is 0 Å². The summed E-state index contributed by atoms with van der Waals surface area (Å²) in [5.41, 5.74) is 0.901. The molecule has 1 aliphatic carbocycles. The van der Waals surface area contributed by atoms with Crippen LogP contribution in [0.2, 0.25) is 0 Å². The molecule has 1 N–H and O–H groups in total. The summed E-state index contributed by atoms with van der Waals surface area (Å²) >= 11 is 0. The van der Waals surface area contributed by atoms with E-state index in [-0.39, 0.29) is 23.8 Å². The highest BCUT2D eigenvalue weighted by molar-refractivity contribution is 5.89. The Hall–Kier alpha value is -1.98. The Morgan fingerprint density at radius 2 is 2.27 bits per heavy atom. The molecule has 2 fully saturated rings. The van der Waals surface area contributed by atoms with E-state index in [0.29, 0.717) is 31.3 Å². The van der Waals surface area contributed by atoms with E-state index in [4.69, 9.17) is 0 Å². The molecule has 6 heteroatoms. The molecule has 0 bridgehead atoms. The second kappa shape index (κ2) is 6.02. The van der Waals surface area contributed by atoms with Crippen LogP contribution in [0.5, 0.6) is 0 Å². The molecule has 1 saturated heterocycles. The Bertz CT molecular complexity index is 585. The zero-order chi connectivity index (χ0) is 15.7. The van der Waals surface area contributed by atoms with Gasteiger partial charge in [-0.2, -0.15) is 0 Å². The van der Waals surface area contributed by atoms with E-state index in [1.807, 2.05) is 19.9 Å². The minimum atomic E-state index is -0.251. The first-order chi connectivity index (χ1) is 10.6. The number of rotatable bonds is 5. The molecule has 1 aromatic rings. The molecule has 2 amide bonds. The normalized spacial score (nSPS) is 22.7. The van der Waals surface area contributed by atoms with Crippen LogP contribution in [0.1, 0.15) is 43.7 Å². The molecule has 2 aliphatic rings. The van der Waals surface area contributed by atoms with Gasteiger partial charge in [0, 0.05) is 31.4 Å². The fourth-order valence-electron chi connectivity index (χ4n) is 2.97. The van der Waals surface area contributed by atoms with Crippen molar-refractivity contribution in [1.29, 1.82) is 0 Å². The monoisotopic (exact) mass is 302 g/mol. The summed E-state index contributed by atoms with van der Waals surface area (Å²) in [5.74, 6) is 0.875. The minimum absolute atomic E-state index is 0.0497. The third-order valence-electron chi connectivity index (χ3n) is 4.45. The van der Waals surface area contributed by atoms with Crippen molar-refractivity contribution in [3.63, 3.8) is 0 Å². The van der Waals surface area contributed by atoms with E-state index in [1.165, 1.54) is 0 Å². The summed E-state index contributed by atoms with van der Waals surface area (Å²) in [7, 11) is 0. The molecule has 118 valence electrons. The Kier molecular flexibility index (Phi) is 4.09. The van der Waals surface area contributed by atoms with Crippen LogP contribution in [-0.4, -0.2) is 39.8 Å².